The third kappa shape index (κ3) is 1.61. The van der Waals surface area contributed by atoms with Crippen molar-refractivity contribution in [1.82, 2.24) is 0 Å². The summed E-state index contributed by atoms with van der Waals surface area (Å²) in [7, 11) is 0. The van der Waals surface area contributed by atoms with Crippen LogP contribution in [-0.2, 0) is 11.2 Å². The Kier molecular flexibility index (Phi) is 2.44. The van der Waals surface area contributed by atoms with Crippen LogP contribution in [0, 0.1) is 5.82 Å². The van der Waals surface area contributed by atoms with Crippen LogP contribution in [0.3, 0.4) is 0 Å². The Labute approximate surface area is 87.5 Å². The average Bonchev–Trinajstić information content (AvgIpc) is 2.46. The Balaban J connectivity index is 2.52. The second-order valence-corrected chi connectivity index (χ2v) is 3.78. The Hall–Kier alpha value is -1.42. The van der Waals surface area contributed by atoms with Crippen molar-refractivity contribution in [3.8, 4) is 0 Å². The van der Waals surface area contributed by atoms with Gasteiger partial charge in [0, 0.05) is 5.69 Å². The Morgan fingerprint density at radius 1 is 1.53 bits per heavy atom. The average molecular weight is 208 g/mol. The molecule has 1 aliphatic heterocycles. The van der Waals surface area contributed by atoms with E-state index in [4.69, 9.17) is 5.73 Å². The molecule has 0 saturated heterocycles. The van der Waals surface area contributed by atoms with E-state index >= 15 is 0 Å². The Morgan fingerprint density at radius 3 is 2.93 bits per heavy atom. The molecule has 0 aliphatic carbocycles. The molecular weight excluding hydrogens is 195 g/mol. The third-order valence-corrected chi connectivity index (χ3v) is 2.74. The quantitative estimate of drug-likeness (QED) is 0.771. The number of carbonyl (C=O) groups is 1. The van der Waals surface area contributed by atoms with Crippen LogP contribution in [0.15, 0.2) is 12.1 Å². The molecular formula is C11H13FN2O. The second kappa shape index (κ2) is 3.62. The van der Waals surface area contributed by atoms with Crippen molar-refractivity contribution in [2.75, 3.05) is 11.9 Å². The van der Waals surface area contributed by atoms with E-state index < -0.39 is 0 Å². The minimum atomic E-state index is -0.305. The summed E-state index contributed by atoms with van der Waals surface area (Å²) in [6.07, 6.45) is 0.576. The van der Waals surface area contributed by atoms with Crippen LogP contribution >= 0.6 is 0 Å². The van der Waals surface area contributed by atoms with E-state index in [0.29, 0.717) is 13.0 Å². The minimum absolute atomic E-state index is 0.0751. The van der Waals surface area contributed by atoms with Crippen LogP contribution in [0.5, 0.6) is 0 Å². The summed E-state index contributed by atoms with van der Waals surface area (Å²) < 4.78 is 13.3. The molecule has 1 aromatic carbocycles. The summed E-state index contributed by atoms with van der Waals surface area (Å²) in [6, 6.07) is 2.85. The SMILES string of the molecule is CC1C(=O)Nc2c(CCN)cc(F)cc21. The monoisotopic (exact) mass is 208 g/mol. The number of anilines is 1. The molecule has 0 spiro atoms. The predicted molar refractivity (Wildman–Crippen MR) is 56.2 cm³/mol. The van der Waals surface area contributed by atoms with Gasteiger partial charge in [0.1, 0.15) is 5.82 Å². The lowest BCUT2D eigenvalue weighted by atomic mass is 9.99. The van der Waals surface area contributed by atoms with Gasteiger partial charge in [0.15, 0.2) is 0 Å². The molecule has 80 valence electrons. The maximum absolute atomic E-state index is 13.3. The van der Waals surface area contributed by atoms with E-state index in [1.807, 2.05) is 0 Å². The first kappa shape index (κ1) is 10.1. The molecule has 0 aromatic heterocycles. The Morgan fingerprint density at radius 2 is 2.27 bits per heavy atom. The van der Waals surface area contributed by atoms with Crippen molar-refractivity contribution in [3.63, 3.8) is 0 Å². The fourth-order valence-corrected chi connectivity index (χ4v) is 1.91. The van der Waals surface area contributed by atoms with E-state index in [1.165, 1.54) is 12.1 Å². The zero-order valence-corrected chi connectivity index (χ0v) is 8.51. The van der Waals surface area contributed by atoms with Crippen LogP contribution in [-0.4, -0.2) is 12.5 Å². The minimum Gasteiger partial charge on any atom is -0.330 e. The molecule has 3 nitrogen and oxygen atoms in total. The second-order valence-electron chi connectivity index (χ2n) is 3.78. The number of hydrogen-bond donors (Lipinski definition) is 2. The highest BCUT2D eigenvalue weighted by molar-refractivity contribution is 6.03. The summed E-state index contributed by atoms with van der Waals surface area (Å²) in [5, 5.41) is 2.77. The number of benzene rings is 1. The molecule has 0 saturated carbocycles. The summed E-state index contributed by atoms with van der Waals surface area (Å²) in [4.78, 5) is 11.4. The van der Waals surface area contributed by atoms with Gasteiger partial charge in [0.05, 0.1) is 5.92 Å². The molecule has 3 N–H and O–H groups in total. The fourth-order valence-electron chi connectivity index (χ4n) is 1.91. The largest absolute Gasteiger partial charge is 0.330 e. The van der Waals surface area contributed by atoms with Gasteiger partial charge >= 0.3 is 0 Å². The highest BCUT2D eigenvalue weighted by Crippen LogP contribution is 2.35. The first-order valence-electron chi connectivity index (χ1n) is 4.96. The standard InChI is InChI=1S/C11H13FN2O/c1-6-9-5-8(12)4-7(2-3-13)10(9)14-11(6)15/h4-6H,2-3,13H2,1H3,(H,14,15). The van der Waals surface area contributed by atoms with Gasteiger partial charge in [-0.05, 0) is 43.1 Å². The van der Waals surface area contributed by atoms with Gasteiger partial charge in [0.25, 0.3) is 0 Å². The zero-order valence-electron chi connectivity index (χ0n) is 8.51. The van der Waals surface area contributed by atoms with Crippen molar-refractivity contribution in [2.45, 2.75) is 19.3 Å². The van der Waals surface area contributed by atoms with E-state index in [-0.39, 0.29) is 17.6 Å². The van der Waals surface area contributed by atoms with Crippen molar-refractivity contribution >= 4 is 11.6 Å². The maximum Gasteiger partial charge on any atom is 0.231 e. The molecule has 1 amide bonds. The van der Waals surface area contributed by atoms with Gasteiger partial charge in [-0.25, -0.2) is 4.39 Å². The number of amides is 1. The normalized spacial score (nSPS) is 18.9. The van der Waals surface area contributed by atoms with Gasteiger partial charge in [-0.3, -0.25) is 4.79 Å². The van der Waals surface area contributed by atoms with E-state index in [1.54, 1.807) is 6.92 Å². The number of rotatable bonds is 2. The smallest absolute Gasteiger partial charge is 0.231 e. The van der Waals surface area contributed by atoms with Gasteiger partial charge in [-0.1, -0.05) is 0 Å². The lowest BCUT2D eigenvalue weighted by molar-refractivity contribution is -0.116. The number of nitrogens with one attached hydrogen (secondary N) is 1. The first-order valence-corrected chi connectivity index (χ1v) is 4.96. The molecule has 1 aromatic rings. The van der Waals surface area contributed by atoms with Crippen molar-refractivity contribution in [1.29, 1.82) is 0 Å². The Bertz CT molecular complexity index is 417. The van der Waals surface area contributed by atoms with Crippen LogP contribution < -0.4 is 11.1 Å². The number of nitrogens with two attached hydrogens (primary N) is 1. The molecule has 1 unspecified atom stereocenters. The molecule has 4 heteroatoms. The summed E-state index contributed by atoms with van der Waals surface area (Å²) in [5.41, 5.74) is 7.71. The molecule has 15 heavy (non-hydrogen) atoms. The fraction of sp³-hybridized carbons (Fsp3) is 0.364. The predicted octanol–water partition coefficient (Wildman–Crippen LogP) is 1.38. The molecule has 1 heterocycles. The summed E-state index contributed by atoms with van der Waals surface area (Å²) in [5.74, 6) is -0.651. The number of carbonyl (C=O) groups excluding carboxylic acids is 1. The molecule has 0 radical (unpaired) electrons. The van der Waals surface area contributed by atoms with Crippen LogP contribution in [0.4, 0.5) is 10.1 Å². The molecule has 0 fully saturated rings. The topological polar surface area (TPSA) is 55.1 Å². The van der Waals surface area contributed by atoms with Gasteiger partial charge in [0.2, 0.25) is 5.91 Å². The lowest BCUT2D eigenvalue weighted by Crippen LogP contribution is -2.09. The lowest BCUT2D eigenvalue weighted by Gasteiger charge is -2.07. The number of hydrogen-bond acceptors (Lipinski definition) is 2. The molecule has 2 rings (SSSR count). The zero-order chi connectivity index (χ0) is 11.0. The van der Waals surface area contributed by atoms with E-state index in [9.17, 15) is 9.18 Å². The van der Waals surface area contributed by atoms with Crippen LogP contribution in [0.25, 0.3) is 0 Å². The molecule has 1 aliphatic rings. The van der Waals surface area contributed by atoms with Crippen molar-refractivity contribution < 1.29 is 9.18 Å². The van der Waals surface area contributed by atoms with Gasteiger partial charge in [-0.2, -0.15) is 0 Å². The molecule has 1 atom stereocenters. The number of halogens is 1. The highest BCUT2D eigenvalue weighted by Gasteiger charge is 2.28. The summed E-state index contributed by atoms with van der Waals surface area (Å²) >= 11 is 0. The van der Waals surface area contributed by atoms with E-state index in [0.717, 1.165) is 16.8 Å². The highest BCUT2D eigenvalue weighted by atomic mass is 19.1. The first-order chi connectivity index (χ1) is 7.13. The third-order valence-electron chi connectivity index (χ3n) is 2.74. The number of fused-ring (bicyclic) bond motifs is 1. The van der Waals surface area contributed by atoms with Crippen molar-refractivity contribution in [2.24, 2.45) is 5.73 Å². The molecule has 0 bridgehead atoms. The van der Waals surface area contributed by atoms with Crippen LogP contribution in [0.2, 0.25) is 0 Å². The van der Waals surface area contributed by atoms with Gasteiger partial charge < -0.3 is 11.1 Å². The van der Waals surface area contributed by atoms with Crippen molar-refractivity contribution in [3.05, 3.63) is 29.1 Å². The van der Waals surface area contributed by atoms with Crippen LogP contribution in [0.1, 0.15) is 24.0 Å². The van der Waals surface area contributed by atoms with E-state index in [2.05, 4.69) is 5.32 Å². The maximum atomic E-state index is 13.3. The van der Waals surface area contributed by atoms with Gasteiger partial charge in [-0.15, -0.1) is 0 Å². The summed E-state index contributed by atoms with van der Waals surface area (Å²) in [6.45, 7) is 2.22.